The number of amides is 2. The van der Waals surface area contributed by atoms with Crippen LogP contribution in [0, 0.1) is 6.92 Å². The second-order valence-electron chi connectivity index (χ2n) is 4.95. The quantitative estimate of drug-likeness (QED) is 0.891. The number of pyridine rings is 1. The van der Waals surface area contributed by atoms with Gasteiger partial charge in [0.2, 0.25) is 0 Å². The van der Waals surface area contributed by atoms with Crippen molar-refractivity contribution in [1.82, 2.24) is 10.3 Å². The first-order valence-corrected chi connectivity index (χ1v) is 7.23. The van der Waals surface area contributed by atoms with Crippen LogP contribution in [0.3, 0.4) is 0 Å². The van der Waals surface area contributed by atoms with Gasteiger partial charge in [0.25, 0.3) is 11.8 Å². The molecule has 0 aliphatic carbocycles. The summed E-state index contributed by atoms with van der Waals surface area (Å²) in [6.07, 6.45) is 2.31. The molecule has 5 nitrogen and oxygen atoms in total. The molecule has 0 bridgehead atoms. The second-order valence-corrected chi connectivity index (χ2v) is 4.95. The Morgan fingerprint density at radius 1 is 1.14 bits per heavy atom. The lowest BCUT2D eigenvalue weighted by Gasteiger charge is -2.09. The fourth-order valence-electron chi connectivity index (χ4n) is 1.93. The van der Waals surface area contributed by atoms with E-state index < -0.39 is 0 Å². The van der Waals surface area contributed by atoms with E-state index in [0.29, 0.717) is 12.1 Å². The fourth-order valence-corrected chi connectivity index (χ4v) is 1.93. The minimum Gasteiger partial charge on any atom is -0.351 e. The molecule has 1 aromatic heterocycles. The van der Waals surface area contributed by atoms with E-state index in [1.807, 2.05) is 38.1 Å². The van der Waals surface area contributed by atoms with Crippen molar-refractivity contribution in [3.8, 4) is 0 Å². The lowest BCUT2D eigenvalue weighted by atomic mass is 10.1. The molecule has 0 radical (unpaired) electrons. The van der Waals surface area contributed by atoms with Crippen LogP contribution in [0.15, 0.2) is 42.6 Å². The van der Waals surface area contributed by atoms with E-state index >= 15 is 0 Å². The van der Waals surface area contributed by atoms with Crippen molar-refractivity contribution >= 4 is 17.5 Å². The topological polar surface area (TPSA) is 71.1 Å². The maximum atomic E-state index is 12.3. The Kier molecular flexibility index (Phi) is 5.25. The summed E-state index contributed by atoms with van der Waals surface area (Å²) in [5, 5.41) is 5.58. The number of nitrogens with one attached hydrogen (secondary N) is 2. The minimum absolute atomic E-state index is 0.242. The van der Waals surface area contributed by atoms with E-state index in [1.165, 1.54) is 12.3 Å². The molecule has 22 heavy (non-hydrogen) atoms. The first kappa shape index (κ1) is 15.7. The molecule has 114 valence electrons. The number of carbonyl (C=O) groups excluding carboxylic acids is 2. The molecule has 2 aromatic rings. The van der Waals surface area contributed by atoms with Gasteiger partial charge in [0, 0.05) is 24.0 Å². The van der Waals surface area contributed by atoms with E-state index in [4.69, 9.17) is 0 Å². The number of hydrogen-bond acceptors (Lipinski definition) is 3. The molecular formula is C17H19N3O2. The number of hydrogen-bond donors (Lipinski definition) is 2. The van der Waals surface area contributed by atoms with E-state index in [0.717, 1.165) is 17.7 Å². The van der Waals surface area contributed by atoms with E-state index in [2.05, 4.69) is 15.6 Å². The van der Waals surface area contributed by atoms with Crippen molar-refractivity contribution in [2.75, 3.05) is 11.9 Å². The van der Waals surface area contributed by atoms with Crippen molar-refractivity contribution in [2.45, 2.75) is 20.3 Å². The van der Waals surface area contributed by atoms with Crippen molar-refractivity contribution in [1.29, 1.82) is 0 Å². The number of carbonyl (C=O) groups is 2. The van der Waals surface area contributed by atoms with Crippen molar-refractivity contribution in [3.63, 3.8) is 0 Å². The van der Waals surface area contributed by atoms with Crippen LogP contribution in [-0.2, 0) is 0 Å². The van der Waals surface area contributed by atoms with Crippen molar-refractivity contribution in [2.24, 2.45) is 0 Å². The maximum absolute atomic E-state index is 12.3. The van der Waals surface area contributed by atoms with Gasteiger partial charge in [-0.1, -0.05) is 25.1 Å². The molecule has 5 heteroatoms. The monoisotopic (exact) mass is 297 g/mol. The van der Waals surface area contributed by atoms with Gasteiger partial charge in [-0.2, -0.15) is 0 Å². The molecule has 1 heterocycles. The van der Waals surface area contributed by atoms with Crippen molar-refractivity contribution < 1.29 is 9.59 Å². The van der Waals surface area contributed by atoms with Crippen LogP contribution in [0.2, 0.25) is 0 Å². The molecule has 0 saturated heterocycles. The third-order valence-corrected chi connectivity index (χ3v) is 3.18. The van der Waals surface area contributed by atoms with Crippen LogP contribution >= 0.6 is 0 Å². The molecule has 2 rings (SSSR count). The summed E-state index contributed by atoms with van der Waals surface area (Å²) in [5.74, 6) is -0.534. The Morgan fingerprint density at radius 3 is 2.64 bits per heavy atom. The molecule has 0 atom stereocenters. The van der Waals surface area contributed by atoms with Gasteiger partial charge in [0.05, 0.1) is 0 Å². The Labute approximate surface area is 129 Å². The number of rotatable bonds is 5. The van der Waals surface area contributed by atoms with Crippen LogP contribution < -0.4 is 10.6 Å². The standard InChI is InChI=1S/C17H19N3O2/c1-3-9-19-17(22)15-11-13(8-10-18-15)16(21)20-14-7-5-4-6-12(14)2/h4-8,10-11H,3,9H2,1-2H3,(H,19,22)(H,20,21). The Morgan fingerprint density at radius 2 is 1.91 bits per heavy atom. The van der Waals surface area contributed by atoms with E-state index in [-0.39, 0.29) is 17.5 Å². The number of aromatic nitrogens is 1. The van der Waals surface area contributed by atoms with Gasteiger partial charge < -0.3 is 10.6 Å². The number of benzene rings is 1. The zero-order valence-electron chi connectivity index (χ0n) is 12.7. The smallest absolute Gasteiger partial charge is 0.269 e. The van der Waals surface area contributed by atoms with Crippen LogP contribution in [0.4, 0.5) is 5.69 Å². The molecule has 0 unspecified atom stereocenters. The Balaban J connectivity index is 2.13. The minimum atomic E-state index is -0.271. The zero-order chi connectivity index (χ0) is 15.9. The largest absolute Gasteiger partial charge is 0.351 e. The van der Waals surface area contributed by atoms with Crippen LogP contribution in [0.5, 0.6) is 0 Å². The van der Waals surface area contributed by atoms with Gasteiger partial charge in [0.15, 0.2) is 0 Å². The molecule has 0 aliphatic heterocycles. The summed E-state index contributed by atoms with van der Waals surface area (Å²) < 4.78 is 0. The average molecular weight is 297 g/mol. The molecule has 2 N–H and O–H groups in total. The van der Waals surface area contributed by atoms with Crippen LogP contribution in [0.25, 0.3) is 0 Å². The molecule has 0 fully saturated rings. The van der Waals surface area contributed by atoms with Crippen LogP contribution in [-0.4, -0.2) is 23.3 Å². The van der Waals surface area contributed by atoms with Gasteiger partial charge in [-0.3, -0.25) is 14.6 Å². The zero-order valence-corrected chi connectivity index (χ0v) is 12.7. The van der Waals surface area contributed by atoms with E-state index in [9.17, 15) is 9.59 Å². The highest BCUT2D eigenvalue weighted by Crippen LogP contribution is 2.14. The summed E-state index contributed by atoms with van der Waals surface area (Å²) in [6.45, 7) is 4.48. The summed E-state index contributed by atoms with van der Waals surface area (Å²) in [7, 11) is 0. The predicted molar refractivity (Wildman–Crippen MR) is 86.0 cm³/mol. The third-order valence-electron chi connectivity index (χ3n) is 3.18. The molecule has 2 amide bonds. The molecule has 0 spiro atoms. The fraction of sp³-hybridized carbons (Fsp3) is 0.235. The second kappa shape index (κ2) is 7.36. The predicted octanol–water partition coefficient (Wildman–Crippen LogP) is 2.78. The van der Waals surface area contributed by atoms with E-state index in [1.54, 1.807) is 6.07 Å². The Hall–Kier alpha value is -2.69. The number of para-hydroxylation sites is 1. The highest BCUT2D eigenvalue weighted by Gasteiger charge is 2.12. The third kappa shape index (κ3) is 3.91. The molecule has 0 aliphatic rings. The van der Waals surface area contributed by atoms with Crippen LogP contribution in [0.1, 0.15) is 39.8 Å². The Bertz CT molecular complexity index is 683. The lowest BCUT2D eigenvalue weighted by molar-refractivity contribution is 0.0948. The first-order valence-electron chi connectivity index (χ1n) is 7.23. The lowest BCUT2D eigenvalue weighted by Crippen LogP contribution is -2.25. The molecule has 1 aromatic carbocycles. The highest BCUT2D eigenvalue weighted by atomic mass is 16.2. The normalized spacial score (nSPS) is 10.1. The summed E-state index contributed by atoms with van der Waals surface area (Å²) in [5.41, 5.74) is 2.37. The van der Waals surface area contributed by atoms with Gasteiger partial charge in [-0.15, -0.1) is 0 Å². The first-order chi connectivity index (χ1) is 10.6. The SMILES string of the molecule is CCCNC(=O)c1cc(C(=O)Nc2ccccc2C)ccn1. The molecular weight excluding hydrogens is 278 g/mol. The van der Waals surface area contributed by atoms with Gasteiger partial charge in [-0.05, 0) is 37.1 Å². The summed E-state index contributed by atoms with van der Waals surface area (Å²) in [4.78, 5) is 28.2. The molecule has 0 saturated carbocycles. The number of aryl methyl sites for hydroxylation is 1. The van der Waals surface area contributed by atoms with Gasteiger partial charge >= 0.3 is 0 Å². The highest BCUT2D eigenvalue weighted by molar-refractivity contribution is 6.06. The number of anilines is 1. The van der Waals surface area contributed by atoms with Crippen molar-refractivity contribution in [3.05, 3.63) is 59.4 Å². The maximum Gasteiger partial charge on any atom is 0.269 e. The summed E-state index contributed by atoms with van der Waals surface area (Å²) in [6, 6.07) is 10.6. The number of nitrogens with zero attached hydrogens (tertiary/aromatic N) is 1. The van der Waals surface area contributed by atoms with Gasteiger partial charge in [0.1, 0.15) is 5.69 Å². The average Bonchev–Trinajstić information content (AvgIpc) is 2.54. The summed E-state index contributed by atoms with van der Waals surface area (Å²) >= 11 is 0. The van der Waals surface area contributed by atoms with Gasteiger partial charge in [-0.25, -0.2) is 0 Å².